The fraction of sp³-hybridized carbons (Fsp3) is 0.444. The average molecular weight is 342 g/mol. The normalized spacial score (nSPS) is 20.0. The lowest BCUT2D eigenvalue weighted by atomic mass is 9.86. The summed E-state index contributed by atoms with van der Waals surface area (Å²) in [5.41, 5.74) is 2.07. The van der Waals surface area contributed by atoms with Gasteiger partial charge >= 0.3 is 5.97 Å². The quantitative estimate of drug-likeness (QED) is 0.861. The Bertz CT molecular complexity index is 786. The molecule has 0 spiro atoms. The highest BCUT2D eigenvalue weighted by atomic mass is 16.4. The molecule has 132 valence electrons. The summed E-state index contributed by atoms with van der Waals surface area (Å²) in [7, 11) is 0. The fourth-order valence-electron chi connectivity index (χ4n) is 3.45. The highest BCUT2D eigenvalue weighted by Gasteiger charge is 2.40. The zero-order valence-electron chi connectivity index (χ0n) is 14.4. The van der Waals surface area contributed by atoms with Gasteiger partial charge in [0.05, 0.1) is 5.92 Å². The molecule has 1 fully saturated rings. The van der Waals surface area contributed by atoms with E-state index >= 15 is 0 Å². The van der Waals surface area contributed by atoms with Crippen LogP contribution in [0.4, 0.5) is 0 Å². The van der Waals surface area contributed by atoms with Gasteiger partial charge in [0.1, 0.15) is 5.82 Å². The number of carboxylic acids is 1. The van der Waals surface area contributed by atoms with E-state index < -0.39 is 11.9 Å². The van der Waals surface area contributed by atoms with Crippen LogP contribution in [0, 0.1) is 19.8 Å². The van der Waals surface area contributed by atoms with E-state index in [0.29, 0.717) is 24.6 Å². The van der Waals surface area contributed by atoms with Crippen molar-refractivity contribution in [2.45, 2.75) is 32.6 Å². The summed E-state index contributed by atoms with van der Waals surface area (Å²) in [4.78, 5) is 30.1. The molecule has 1 aromatic heterocycles. The number of carboxylic acid groups (broad SMARTS) is 1. The summed E-state index contributed by atoms with van der Waals surface area (Å²) in [5, 5.41) is 16.4. The van der Waals surface area contributed by atoms with Crippen LogP contribution in [0.5, 0.6) is 0 Å². The summed E-state index contributed by atoms with van der Waals surface area (Å²) < 4.78 is 0. The van der Waals surface area contributed by atoms with Crippen molar-refractivity contribution < 1.29 is 14.7 Å². The molecular weight excluding hydrogens is 320 g/mol. The number of aromatic amines is 1. The number of carbonyl (C=O) groups excluding carboxylic acids is 1. The minimum Gasteiger partial charge on any atom is -0.481 e. The van der Waals surface area contributed by atoms with E-state index in [9.17, 15) is 14.7 Å². The maximum absolute atomic E-state index is 12.5. The summed E-state index contributed by atoms with van der Waals surface area (Å²) >= 11 is 0. The topological polar surface area (TPSA) is 99.2 Å². The van der Waals surface area contributed by atoms with Gasteiger partial charge in [0.2, 0.25) is 5.91 Å². The van der Waals surface area contributed by atoms with Gasteiger partial charge in [0.25, 0.3) is 0 Å². The molecule has 3 rings (SSSR count). The number of H-pyrrole nitrogens is 1. The molecule has 1 aromatic carbocycles. The number of benzene rings is 1. The molecule has 0 unspecified atom stereocenters. The van der Waals surface area contributed by atoms with Gasteiger partial charge in [0.15, 0.2) is 5.82 Å². The molecule has 1 aliphatic heterocycles. The predicted molar refractivity (Wildman–Crippen MR) is 91.1 cm³/mol. The molecule has 2 aromatic rings. The predicted octanol–water partition coefficient (Wildman–Crippen LogP) is 1.68. The monoisotopic (exact) mass is 342 g/mol. The summed E-state index contributed by atoms with van der Waals surface area (Å²) in [6.45, 7) is 4.47. The van der Waals surface area contributed by atoms with E-state index in [0.717, 1.165) is 11.1 Å². The maximum Gasteiger partial charge on any atom is 0.308 e. The number of nitrogens with one attached hydrogen (secondary N) is 1. The number of aromatic nitrogens is 3. The van der Waals surface area contributed by atoms with Gasteiger partial charge in [-0.05, 0) is 25.0 Å². The van der Waals surface area contributed by atoms with E-state index in [4.69, 9.17) is 0 Å². The molecule has 2 atom stereocenters. The van der Waals surface area contributed by atoms with Gasteiger partial charge in [-0.3, -0.25) is 14.7 Å². The lowest BCUT2D eigenvalue weighted by Crippen LogP contribution is -2.30. The highest BCUT2D eigenvalue weighted by molar-refractivity contribution is 5.79. The average Bonchev–Trinajstić information content (AvgIpc) is 3.19. The van der Waals surface area contributed by atoms with Gasteiger partial charge in [-0.15, -0.1) is 0 Å². The number of likely N-dealkylation sites (tertiary alicyclic amines) is 1. The van der Waals surface area contributed by atoms with Crippen molar-refractivity contribution in [3.63, 3.8) is 0 Å². The van der Waals surface area contributed by atoms with Crippen LogP contribution >= 0.6 is 0 Å². The van der Waals surface area contributed by atoms with Crippen LogP contribution in [0.25, 0.3) is 0 Å². The number of nitrogens with zero attached hydrogens (tertiary/aromatic N) is 3. The highest BCUT2D eigenvalue weighted by Crippen LogP contribution is 2.34. The van der Waals surface area contributed by atoms with Gasteiger partial charge in [0, 0.05) is 31.8 Å². The van der Waals surface area contributed by atoms with Crippen molar-refractivity contribution >= 4 is 11.9 Å². The number of aryl methyl sites for hydroxylation is 3. The first-order valence-electron chi connectivity index (χ1n) is 8.39. The van der Waals surface area contributed by atoms with Crippen LogP contribution in [0.1, 0.15) is 35.1 Å². The smallest absolute Gasteiger partial charge is 0.308 e. The standard InChI is InChI=1S/C18H22N4O3/c1-11-5-3-4-6-13(11)14-9-22(10-15(14)18(24)25)17(23)8-7-16-19-12(2)20-21-16/h3-6,14-15H,7-10H2,1-2H3,(H,24,25)(H,19,20,21)/t14-,15+/m0/s1. The fourth-order valence-corrected chi connectivity index (χ4v) is 3.45. The third-order valence-corrected chi connectivity index (χ3v) is 4.78. The second-order valence-corrected chi connectivity index (χ2v) is 6.54. The Hall–Kier alpha value is -2.70. The Kier molecular flexibility index (Phi) is 4.83. The van der Waals surface area contributed by atoms with Crippen molar-refractivity contribution in [1.29, 1.82) is 0 Å². The van der Waals surface area contributed by atoms with Gasteiger partial charge in [-0.25, -0.2) is 4.98 Å². The largest absolute Gasteiger partial charge is 0.481 e. The van der Waals surface area contributed by atoms with E-state index in [-0.39, 0.29) is 24.8 Å². The number of hydrogen-bond acceptors (Lipinski definition) is 4. The molecular formula is C18H22N4O3. The van der Waals surface area contributed by atoms with Crippen molar-refractivity contribution in [1.82, 2.24) is 20.1 Å². The second kappa shape index (κ2) is 7.04. The van der Waals surface area contributed by atoms with Crippen LogP contribution in [0.15, 0.2) is 24.3 Å². The van der Waals surface area contributed by atoms with Crippen LogP contribution in [-0.4, -0.2) is 50.2 Å². The summed E-state index contributed by atoms with van der Waals surface area (Å²) in [5.74, 6) is -0.327. The first kappa shape index (κ1) is 17.1. The first-order chi connectivity index (χ1) is 12.0. The third-order valence-electron chi connectivity index (χ3n) is 4.78. The molecule has 1 amide bonds. The molecule has 25 heavy (non-hydrogen) atoms. The molecule has 2 heterocycles. The Morgan fingerprint density at radius 3 is 2.68 bits per heavy atom. The van der Waals surface area contributed by atoms with Crippen molar-refractivity contribution in [3.8, 4) is 0 Å². The van der Waals surface area contributed by atoms with Gasteiger partial charge in [-0.2, -0.15) is 5.10 Å². The van der Waals surface area contributed by atoms with Crippen molar-refractivity contribution in [2.75, 3.05) is 13.1 Å². The minimum atomic E-state index is -0.854. The first-order valence-corrected chi connectivity index (χ1v) is 8.39. The lowest BCUT2D eigenvalue weighted by Gasteiger charge is -2.18. The SMILES string of the molecule is Cc1nc(CCC(=O)N2C[C@@H](C(=O)O)[C@H](c3ccccc3C)C2)n[nH]1. The molecule has 0 aliphatic carbocycles. The van der Waals surface area contributed by atoms with Crippen molar-refractivity contribution in [2.24, 2.45) is 5.92 Å². The summed E-state index contributed by atoms with van der Waals surface area (Å²) in [6, 6.07) is 7.79. The number of amides is 1. The Balaban J connectivity index is 1.70. The van der Waals surface area contributed by atoms with Gasteiger partial charge in [-0.1, -0.05) is 24.3 Å². The molecule has 1 aliphatic rings. The molecule has 1 saturated heterocycles. The lowest BCUT2D eigenvalue weighted by molar-refractivity contribution is -0.141. The van der Waals surface area contributed by atoms with E-state index in [1.165, 1.54) is 0 Å². The van der Waals surface area contributed by atoms with E-state index in [2.05, 4.69) is 15.2 Å². The Morgan fingerprint density at radius 1 is 1.28 bits per heavy atom. The third kappa shape index (κ3) is 3.70. The maximum atomic E-state index is 12.5. The Morgan fingerprint density at radius 2 is 2.04 bits per heavy atom. The summed E-state index contributed by atoms with van der Waals surface area (Å²) in [6.07, 6.45) is 0.733. The number of hydrogen-bond donors (Lipinski definition) is 2. The second-order valence-electron chi connectivity index (χ2n) is 6.54. The zero-order chi connectivity index (χ0) is 18.0. The molecule has 0 radical (unpaired) electrons. The molecule has 2 N–H and O–H groups in total. The molecule has 0 saturated carbocycles. The van der Waals surface area contributed by atoms with Crippen molar-refractivity contribution in [3.05, 3.63) is 47.0 Å². The molecule has 0 bridgehead atoms. The zero-order valence-corrected chi connectivity index (χ0v) is 14.4. The van der Waals surface area contributed by atoms with E-state index in [1.54, 1.807) is 4.90 Å². The molecule has 7 nitrogen and oxygen atoms in total. The Labute approximate surface area is 146 Å². The molecule has 7 heteroatoms. The van der Waals surface area contributed by atoms with Crippen LogP contribution in [0.2, 0.25) is 0 Å². The number of carbonyl (C=O) groups is 2. The van der Waals surface area contributed by atoms with Crippen LogP contribution in [0.3, 0.4) is 0 Å². The van der Waals surface area contributed by atoms with Crippen LogP contribution in [-0.2, 0) is 16.0 Å². The number of aliphatic carboxylic acids is 1. The number of rotatable bonds is 5. The minimum absolute atomic E-state index is 0.0511. The van der Waals surface area contributed by atoms with Gasteiger partial charge < -0.3 is 10.0 Å². The van der Waals surface area contributed by atoms with Crippen LogP contribution < -0.4 is 0 Å². The van der Waals surface area contributed by atoms with E-state index in [1.807, 2.05) is 38.1 Å².